The third-order valence-corrected chi connectivity index (χ3v) is 5.14. The molecule has 3 N–H and O–H groups in total. The van der Waals surface area contributed by atoms with E-state index >= 15 is 0 Å². The quantitative estimate of drug-likeness (QED) is 0.426. The lowest BCUT2D eigenvalue weighted by Gasteiger charge is -2.17. The summed E-state index contributed by atoms with van der Waals surface area (Å²) in [6.07, 6.45) is 1.53. The van der Waals surface area contributed by atoms with Gasteiger partial charge in [0.15, 0.2) is 0 Å². The molecule has 176 valence electrons. The van der Waals surface area contributed by atoms with E-state index in [0.29, 0.717) is 29.8 Å². The third kappa shape index (κ3) is 6.15. The van der Waals surface area contributed by atoms with E-state index in [2.05, 4.69) is 34.3 Å². The summed E-state index contributed by atoms with van der Waals surface area (Å²) in [5, 5.41) is 25.3. The molecule has 0 fully saturated rings. The number of benzene rings is 1. The number of ether oxygens (including phenoxy) is 1. The molecule has 9 nitrogen and oxygen atoms in total. The van der Waals surface area contributed by atoms with Gasteiger partial charge in [-0.2, -0.15) is 4.98 Å². The Bertz CT molecular complexity index is 1080. The molecule has 0 unspecified atom stereocenters. The fraction of sp³-hybridized carbons (Fsp3) is 0.417. The van der Waals surface area contributed by atoms with Gasteiger partial charge in [0.05, 0.1) is 5.56 Å². The number of aliphatic hydroxyl groups excluding tert-OH is 2. The number of hydrogen-bond donors (Lipinski definition) is 3. The van der Waals surface area contributed by atoms with E-state index in [1.165, 1.54) is 0 Å². The number of aromatic nitrogens is 3. The average molecular weight is 455 g/mol. The summed E-state index contributed by atoms with van der Waals surface area (Å²) in [5.41, 5.74) is 4.36. The van der Waals surface area contributed by atoms with Crippen LogP contribution in [0.5, 0.6) is 5.75 Å². The topological polar surface area (TPSA) is 131 Å². The summed E-state index contributed by atoms with van der Waals surface area (Å²) in [4.78, 5) is 20.1. The van der Waals surface area contributed by atoms with Gasteiger partial charge in [-0.05, 0) is 54.7 Å². The molecule has 33 heavy (non-hydrogen) atoms. The average Bonchev–Trinajstić information content (AvgIpc) is 3.31. The summed E-state index contributed by atoms with van der Waals surface area (Å²) in [6.45, 7) is 7.47. The standard InChI is InChI=1S/C24H30N4O5/c1-5-16-9-18(8-15(4)22(16)32-13-19(30)11-26-21(31)12-29)23-27-24(33-28-23)17-6-7-20(14(2)3)25-10-17/h6-10,14,19,29-30H,5,11-13H2,1-4H3,(H,26,31)/t19-/m0/s1. The smallest absolute Gasteiger partial charge is 0.259 e. The molecule has 0 aliphatic carbocycles. The van der Waals surface area contributed by atoms with Crippen LogP contribution in [0, 0.1) is 6.92 Å². The molecule has 0 aliphatic rings. The molecule has 1 aromatic carbocycles. The number of rotatable bonds is 10. The number of aliphatic hydroxyl groups is 2. The molecule has 2 heterocycles. The van der Waals surface area contributed by atoms with Crippen molar-refractivity contribution in [2.24, 2.45) is 0 Å². The zero-order chi connectivity index (χ0) is 24.0. The Balaban J connectivity index is 1.75. The molecule has 2 aromatic heterocycles. The van der Waals surface area contributed by atoms with E-state index in [4.69, 9.17) is 14.4 Å². The van der Waals surface area contributed by atoms with Gasteiger partial charge >= 0.3 is 0 Å². The highest BCUT2D eigenvalue weighted by atomic mass is 16.5. The number of nitrogens with one attached hydrogen (secondary N) is 1. The Labute approximate surface area is 192 Å². The van der Waals surface area contributed by atoms with Crippen LogP contribution in [0.15, 0.2) is 35.0 Å². The van der Waals surface area contributed by atoms with Crippen LogP contribution in [-0.2, 0) is 11.2 Å². The zero-order valence-corrected chi connectivity index (χ0v) is 19.3. The van der Waals surface area contributed by atoms with Gasteiger partial charge in [-0.25, -0.2) is 0 Å². The molecule has 0 saturated carbocycles. The van der Waals surface area contributed by atoms with Crippen molar-refractivity contribution in [2.45, 2.75) is 46.1 Å². The van der Waals surface area contributed by atoms with Crippen molar-refractivity contribution in [3.63, 3.8) is 0 Å². The fourth-order valence-corrected chi connectivity index (χ4v) is 3.30. The van der Waals surface area contributed by atoms with E-state index in [1.54, 1.807) is 6.20 Å². The Morgan fingerprint density at radius 1 is 1.24 bits per heavy atom. The lowest BCUT2D eigenvalue weighted by molar-refractivity contribution is -0.124. The molecule has 9 heteroatoms. The lowest BCUT2D eigenvalue weighted by atomic mass is 10.0. The maximum atomic E-state index is 11.1. The molecular weight excluding hydrogens is 424 g/mol. The second-order valence-electron chi connectivity index (χ2n) is 8.11. The first-order valence-corrected chi connectivity index (χ1v) is 10.9. The number of aryl methyl sites for hydroxylation is 2. The maximum Gasteiger partial charge on any atom is 0.259 e. The first-order valence-electron chi connectivity index (χ1n) is 10.9. The molecule has 1 amide bonds. The van der Waals surface area contributed by atoms with Crippen LogP contribution in [0.3, 0.4) is 0 Å². The largest absolute Gasteiger partial charge is 0.490 e. The van der Waals surface area contributed by atoms with Crippen molar-refractivity contribution < 1.29 is 24.3 Å². The van der Waals surface area contributed by atoms with Gasteiger partial charge in [0.25, 0.3) is 5.89 Å². The van der Waals surface area contributed by atoms with E-state index in [1.807, 2.05) is 38.1 Å². The minimum atomic E-state index is -0.903. The highest BCUT2D eigenvalue weighted by Gasteiger charge is 2.17. The van der Waals surface area contributed by atoms with Gasteiger partial charge in [-0.15, -0.1) is 0 Å². The minimum Gasteiger partial charge on any atom is -0.490 e. The van der Waals surface area contributed by atoms with Crippen molar-refractivity contribution in [1.29, 1.82) is 0 Å². The van der Waals surface area contributed by atoms with E-state index in [0.717, 1.165) is 27.9 Å². The van der Waals surface area contributed by atoms with Gasteiger partial charge in [0.1, 0.15) is 25.1 Å². The molecule has 3 aromatic rings. The second-order valence-corrected chi connectivity index (χ2v) is 8.11. The number of nitrogens with zero attached hydrogens (tertiary/aromatic N) is 3. The van der Waals surface area contributed by atoms with E-state index in [-0.39, 0.29) is 13.2 Å². The van der Waals surface area contributed by atoms with Crippen molar-refractivity contribution in [3.05, 3.63) is 47.3 Å². The number of hydrogen-bond acceptors (Lipinski definition) is 8. The first-order chi connectivity index (χ1) is 15.8. The number of amides is 1. The van der Waals surface area contributed by atoms with Crippen LogP contribution in [-0.4, -0.2) is 57.1 Å². The highest BCUT2D eigenvalue weighted by molar-refractivity contribution is 5.76. The Hall–Kier alpha value is -3.30. The highest BCUT2D eigenvalue weighted by Crippen LogP contribution is 2.31. The van der Waals surface area contributed by atoms with Gasteiger partial charge < -0.3 is 24.8 Å². The van der Waals surface area contributed by atoms with Gasteiger partial charge in [-0.1, -0.05) is 25.9 Å². The Morgan fingerprint density at radius 2 is 2.03 bits per heavy atom. The molecule has 3 rings (SSSR count). The number of carbonyl (C=O) groups is 1. The molecule has 0 radical (unpaired) electrons. The summed E-state index contributed by atoms with van der Waals surface area (Å²) < 4.78 is 11.3. The molecule has 0 spiro atoms. The summed E-state index contributed by atoms with van der Waals surface area (Å²) in [7, 11) is 0. The molecule has 0 bridgehead atoms. The third-order valence-electron chi connectivity index (χ3n) is 5.14. The van der Waals surface area contributed by atoms with Crippen molar-refractivity contribution in [3.8, 4) is 28.6 Å². The molecular formula is C24H30N4O5. The van der Waals surface area contributed by atoms with Gasteiger partial charge in [0, 0.05) is 24.0 Å². The van der Waals surface area contributed by atoms with Crippen LogP contribution in [0.4, 0.5) is 0 Å². The van der Waals surface area contributed by atoms with Crippen molar-refractivity contribution in [1.82, 2.24) is 20.4 Å². The number of pyridine rings is 1. The Kier molecular flexibility index (Phi) is 8.13. The Morgan fingerprint density at radius 3 is 2.67 bits per heavy atom. The second kappa shape index (κ2) is 11.0. The van der Waals surface area contributed by atoms with Crippen LogP contribution in [0.2, 0.25) is 0 Å². The van der Waals surface area contributed by atoms with Crippen molar-refractivity contribution in [2.75, 3.05) is 19.8 Å². The predicted octanol–water partition coefficient (Wildman–Crippen LogP) is 2.64. The van der Waals surface area contributed by atoms with Crippen LogP contribution in [0.25, 0.3) is 22.8 Å². The number of carbonyl (C=O) groups excluding carboxylic acids is 1. The van der Waals surface area contributed by atoms with Crippen LogP contribution in [0.1, 0.15) is 43.5 Å². The SMILES string of the molecule is CCc1cc(-c2noc(-c3ccc(C(C)C)nc3)n2)cc(C)c1OC[C@@H](O)CNC(=O)CO. The van der Waals surface area contributed by atoms with Gasteiger partial charge in [0.2, 0.25) is 11.7 Å². The molecule has 0 aliphatic heterocycles. The summed E-state index contributed by atoms with van der Waals surface area (Å²) >= 11 is 0. The first kappa shape index (κ1) is 24.3. The van der Waals surface area contributed by atoms with Crippen LogP contribution < -0.4 is 10.1 Å². The van der Waals surface area contributed by atoms with Crippen molar-refractivity contribution >= 4 is 5.91 Å². The lowest BCUT2D eigenvalue weighted by Crippen LogP contribution is -2.36. The summed E-state index contributed by atoms with van der Waals surface area (Å²) in [6, 6.07) is 7.73. The maximum absolute atomic E-state index is 11.1. The fourth-order valence-electron chi connectivity index (χ4n) is 3.30. The normalized spacial score (nSPS) is 12.1. The summed E-state index contributed by atoms with van der Waals surface area (Å²) in [5.74, 6) is 1.33. The predicted molar refractivity (Wildman–Crippen MR) is 123 cm³/mol. The molecule has 1 atom stereocenters. The minimum absolute atomic E-state index is 0.00335. The molecule has 0 saturated heterocycles. The van der Waals surface area contributed by atoms with Gasteiger partial charge in [-0.3, -0.25) is 9.78 Å². The van der Waals surface area contributed by atoms with E-state index in [9.17, 15) is 9.90 Å². The van der Waals surface area contributed by atoms with E-state index < -0.39 is 18.6 Å². The van der Waals surface area contributed by atoms with Crippen LogP contribution >= 0.6 is 0 Å². The monoisotopic (exact) mass is 454 g/mol. The zero-order valence-electron chi connectivity index (χ0n) is 19.3.